The van der Waals surface area contributed by atoms with Crippen molar-refractivity contribution >= 4 is 17.3 Å². The fraction of sp³-hybridized carbons (Fsp3) is 0.350. The van der Waals surface area contributed by atoms with Crippen molar-refractivity contribution in [3.8, 4) is 0 Å². The van der Waals surface area contributed by atoms with E-state index in [4.69, 9.17) is 5.11 Å². The molecule has 0 aromatic heterocycles. The van der Waals surface area contributed by atoms with Gasteiger partial charge in [-0.15, -0.1) is 0 Å². The molecular weight excluding hydrogens is 354 g/mol. The molecule has 2 aromatic carbocycles. The highest BCUT2D eigenvalue weighted by Crippen LogP contribution is 2.29. The number of hydrogen-bond donors (Lipinski definition) is 3. The highest BCUT2D eigenvalue weighted by molar-refractivity contribution is 6.01. The van der Waals surface area contributed by atoms with Gasteiger partial charge in [-0.2, -0.15) is 0 Å². The Morgan fingerprint density at radius 1 is 1.15 bits per heavy atom. The first-order valence-corrected chi connectivity index (χ1v) is 8.76. The van der Waals surface area contributed by atoms with Crippen LogP contribution in [-0.4, -0.2) is 46.3 Å². The van der Waals surface area contributed by atoms with Gasteiger partial charge in [0.2, 0.25) is 0 Å². The molecule has 0 aliphatic carbocycles. The van der Waals surface area contributed by atoms with Gasteiger partial charge in [0.15, 0.2) is 0 Å². The van der Waals surface area contributed by atoms with E-state index in [9.17, 15) is 18.7 Å². The first-order chi connectivity index (χ1) is 12.8. The molecule has 1 saturated heterocycles. The van der Waals surface area contributed by atoms with Crippen molar-refractivity contribution in [2.75, 3.05) is 25.0 Å². The van der Waals surface area contributed by atoms with Crippen LogP contribution in [0, 0.1) is 18.6 Å². The molecule has 7 heteroatoms. The maximum atomic E-state index is 14.0. The Morgan fingerprint density at radius 2 is 1.81 bits per heavy atom. The maximum absolute atomic E-state index is 14.0. The summed E-state index contributed by atoms with van der Waals surface area (Å²) in [5.41, 5.74) is -0.150. The number of aliphatic hydroxyl groups is 2. The average molecular weight is 378 g/mol. The monoisotopic (exact) mass is 378 g/mol. The van der Waals surface area contributed by atoms with Crippen LogP contribution in [0.1, 0.15) is 29.8 Å². The van der Waals surface area contributed by atoms with Gasteiger partial charge in [0, 0.05) is 0 Å². The van der Waals surface area contributed by atoms with Crippen molar-refractivity contribution in [2.45, 2.75) is 26.4 Å². The summed E-state index contributed by atoms with van der Waals surface area (Å²) in [7, 11) is 0. The van der Waals surface area contributed by atoms with E-state index >= 15 is 0 Å². The van der Waals surface area contributed by atoms with Gasteiger partial charge in [0.05, 0.1) is 36.6 Å². The summed E-state index contributed by atoms with van der Waals surface area (Å²) in [5, 5.41) is 21.6. The summed E-state index contributed by atoms with van der Waals surface area (Å²) >= 11 is 0. The predicted octanol–water partition coefficient (Wildman–Crippen LogP) is 3.22. The van der Waals surface area contributed by atoms with E-state index in [0.29, 0.717) is 0 Å². The fourth-order valence-corrected chi connectivity index (χ4v) is 2.75. The molecule has 0 atom stereocenters. The van der Waals surface area contributed by atoms with E-state index in [0.717, 1.165) is 17.7 Å². The van der Waals surface area contributed by atoms with Gasteiger partial charge in [0.25, 0.3) is 5.91 Å². The third-order valence-electron chi connectivity index (χ3n) is 4.16. The van der Waals surface area contributed by atoms with Gasteiger partial charge in [-0.1, -0.05) is 19.9 Å². The molecule has 0 radical (unpaired) electrons. The standard InChI is InChI=1S/C18H18F2N2O3.C2H6/c1-11-2-5-15(14(20)6-11)21-16-7-12(19)3-4-13(16)17(24)22-8-18(25,9-22)10-23;1-2/h2-7,21,23,25H,8-10H2,1H3;1-2H3. The molecule has 2 aromatic rings. The van der Waals surface area contributed by atoms with Crippen LogP contribution in [-0.2, 0) is 0 Å². The number of benzene rings is 2. The summed E-state index contributed by atoms with van der Waals surface area (Å²) in [6.07, 6.45) is 0. The topological polar surface area (TPSA) is 72.8 Å². The number of amides is 1. The van der Waals surface area contributed by atoms with Crippen LogP contribution in [0.2, 0.25) is 0 Å². The maximum Gasteiger partial charge on any atom is 0.256 e. The second-order valence-corrected chi connectivity index (χ2v) is 6.34. The second kappa shape index (κ2) is 8.45. The number of hydrogen-bond acceptors (Lipinski definition) is 4. The van der Waals surface area contributed by atoms with Crippen LogP contribution in [0.3, 0.4) is 0 Å². The largest absolute Gasteiger partial charge is 0.393 e. The molecule has 1 fully saturated rings. The lowest BCUT2D eigenvalue weighted by molar-refractivity contribution is -0.109. The lowest BCUT2D eigenvalue weighted by atomic mass is 9.94. The Morgan fingerprint density at radius 3 is 2.41 bits per heavy atom. The Kier molecular flexibility index (Phi) is 6.51. The number of aryl methyl sites for hydroxylation is 1. The van der Waals surface area contributed by atoms with Crippen molar-refractivity contribution < 1.29 is 23.8 Å². The number of rotatable bonds is 4. The molecule has 0 saturated carbocycles. The molecule has 0 unspecified atom stereocenters. The molecule has 3 rings (SSSR count). The number of carbonyl (C=O) groups is 1. The van der Waals surface area contributed by atoms with Crippen molar-refractivity contribution in [2.24, 2.45) is 0 Å². The van der Waals surface area contributed by atoms with Gasteiger partial charge in [-0.3, -0.25) is 4.79 Å². The predicted molar refractivity (Wildman–Crippen MR) is 100 cm³/mol. The van der Waals surface area contributed by atoms with E-state index in [-0.39, 0.29) is 30.0 Å². The van der Waals surface area contributed by atoms with Crippen LogP contribution >= 0.6 is 0 Å². The van der Waals surface area contributed by atoms with Gasteiger partial charge < -0.3 is 20.4 Å². The van der Waals surface area contributed by atoms with E-state index in [1.807, 2.05) is 13.8 Å². The molecule has 1 heterocycles. The number of halogens is 2. The number of likely N-dealkylation sites (tertiary alicyclic amines) is 1. The Bertz CT molecular complexity index is 821. The smallest absolute Gasteiger partial charge is 0.256 e. The zero-order valence-electron chi connectivity index (χ0n) is 15.6. The number of carbonyl (C=O) groups excluding carboxylic acids is 1. The number of anilines is 2. The number of β-amino-alcohol motifs (C(OH)–C–C–N with tert-alkyl or cyclic N) is 1. The SMILES string of the molecule is CC.Cc1ccc(Nc2cc(F)ccc2C(=O)N2CC(O)(CO)C2)c(F)c1. The highest BCUT2D eigenvalue weighted by Gasteiger charge is 2.43. The fourth-order valence-electron chi connectivity index (χ4n) is 2.75. The van der Waals surface area contributed by atoms with E-state index in [1.165, 1.54) is 23.1 Å². The quantitative estimate of drug-likeness (QED) is 0.764. The summed E-state index contributed by atoms with van der Waals surface area (Å²) in [4.78, 5) is 13.9. The third-order valence-corrected chi connectivity index (χ3v) is 4.16. The Hall–Kier alpha value is -2.51. The lowest BCUT2D eigenvalue weighted by Gasteiger charge is -2.45. The number of aliphatic hydroxyl groups excluding tert-OH is 1. The summed E-state index contributed by atoms with van der Waals surface area (Å²) < 4.78 is 27.7. The zero-order chi connectivity index (χ0) is 20.2. The normalized spacial score (nSPS) is 14.7. The minimum atomic E-state index is -1.30. The Labute approximate surface area is 157 Å². The summed E-state index contributed by atoms with van der Waals surface area (Å²) in [6.45, 7) is 5.27. The molecule has 0 bridgehead atoms. The molecule has 3 N–H and O–H groups in total. The van der Waals surface area contributed by atoms with E-state index in [1.54, 1.807) is 13.0 Å². The van der Waals surface area contributed by atoms with Crippen LogP contribution < -0.4 is 5.32 Å². The van der Waals surface area contributed by atoms with Crippen LogP contribution in [0.25, 0.3) is 0 Å². The van der Waals surface area contributed by atoms with Crippen molar-refractivity contribution in [1.82, 2.24) is 4.90 Å². The highest BCUT2D eigenvalue weighted by atomic mass is 19.1. The van der Waals surface area contributed by atoms with Crippen molar-refractivity contribution in [1.29, 1.82) is 0 Å². The van der Waals surface area contributed by atoms with Gasteiger partial charge in [-0.25, -0.2) is 8.78 Å². The summed E-state index contributed by atoms with van der Waals surface area (Å²) in [6, 6.07) is 8.11. The molecule has 146 valence electrons. The second-order valence-electron chi connectivity index (χ2n) is 6.34. The minimum Gasteiger partial charge on any atom is -0.393 e. The van der Waals surface area contributed by atoms with E-state index in [2.05, 4.69) is 5.32 Å². The molecule has 1 aliphatic heterocycles. The number of nitrogens with one attached hydrogen (secondary N) is 1. The van der Waals surface area contributed by atoms with Crippen LogP contribution in [0.15, 0.2) is 36.4 Å². The molecule has 1 aliphatic rings. The zero-order valence-corrected chi connectivity index (χ0v) is 15.6. The molecule has 27 heavy (non-hydrogen) atoms. The van der Waals surface area contributed by atoms with Crippen LogP contribution in [0.4, 0.5) is 20.2 Å². The van der Waals surface area contributed by atoms with E-state index < -0.39 is 29.7 Å². The van der Waals surface area contributed by atoms with Crippen molar-refractivity contribution in [3.63, 3.8) is 0 Å². The minimum absolute atomic E-state index is 0.0158. The molecule has 5 nitrogen and oxygen atoms in total. The molecule has 1 amide bonds. The van der Waals surface area contributed by atoms with Gasteiger partial charge in [-0.05, 0) is 42.8 Å². The summed E-state index contributed by atoms with van der Waals surface area (Å²) in [5.74, 6) is -1.52. The first-order valence-electron chi connectivity index (χ1n) is 8.76. The molecular formula is C20H24F2N2O3. The average Bonchev–Trinajstić information content (AvgIpc) is 2.62. The number of nitrogens with zero attached hydrogens (tertiary/aromatic N) is 1. The third kappa shape index (κ3) is 4.61. The van der Waals surface area contributed by atoms with Crippen LogP contribution in [0.5, 0.6) is 0 Å². The first kappa shape index (κ1) is 20.8. The lowest BCUT2D eigenvalue weighted by Crippen LogP contribution is -2.65. The molecule has 0 spiro atoms. The van der Waals surface area contributed by atoms with Crippen molar-refractivity contribution in [3.05, 3.63) is 59.2 Å². The van der Waals surface area contributed by atoms with Gasteiger partial charge in [0.1, 0.15) is 17.2 Å². The Balaban J connectivity index is 0.00000126. The van der Waals surface area contributed by atoms with Gasteiger partial charge >= 0.3 is 0 Å².